The molecule has 6 aromatic rings. The molecule has 0 saturated carbocycles. The smallest absolute Gasteiger partial charge is 0.241 e. The summed E-state index contributed by atoms with van der Waals surface area (Å²) in [7, 11) is -3.15. The Balaban J connectivity index is 0.000000172. The summed E-state index contributed by atoms with van der Waals surface area (Å²) in [5.74, 6) is 1.50. The summed E-state index contributed by atoms with van der Waals surface area (Å²) >= 11 is 0. The second-order valence-corrected chi connectivity index (χ2v) is 20.5. The molecule has 0 radical (unpaired) electrons. The van der Waals surface area contributed by atoms with Crippen LogP contribution in [0.1, 0.15) is 44.7 Å². The minimum absolute atomic E-state index is 0.0515. The topological polar surface area (TPSA) is 201 Å². The largest absolute Gasteiger partial charge is 0.473 e. The van der Waals surface area contributed by atoms with Crippen molar-refractivity contribution < 1.29 is 32.3 Å². The van der Waals surface area contributed by atoms with E-state index in [1.807, 2.05) is 80.0 Å². The van der Waals surface area contributed by atoms with Crippen molar-refractivity contribution in [3.63, 3.8) is 0 Å². The summed E-state index contributed by atoms with van der Waals surface area (Å²) in [5.41, 5.74) is 9.18. The van der Waals surface area contributed by atoms with E-state index in [-0.39, 0.29) is 41.8 Å². The van der Waals surface area contributed by atoms with E-state index in [1.165, 1.54) is 10.6 Å². The zero-order chi connectivity index (χ0) is 48.6. The zero-order valence-electron chi connectivity index (χ0n) is 40.0. The Kier molecular flexibility index (Phi) is 13.5. The van der Waals surface area contributed by atoms with Crippen LogP contribution in [0.25, 0.3) is 33.5 Å². The number of ether oxygens (including phenoxy) is 2. The van der Waals surface area contributed by atoms with Gasteiger partial charge in [0.2, 0.25) is 39.5 Å². The first-order valence-corrected chi connectivity index (χ1v) is 25.4. The van der Waals surface area contributed by atoms with Gasteiger partial charge in [-0.25, -0.2) is 27.4 Å². The first-order chi connectivity index (χ1) is 33.1. The van der Waals surface area contributed by atoms with Crippen molar-refractivity contribution >= 4 is 50.2 Å². The fraction of sp³-hybridized carbons (Fsp3) is 0.449. The van der Waals surface area contributed by atoms with E-state index >= 15 is 0 Å². The number of fused-ring (bicyclic) bond motifs is 2. The lowest BCUT2D eigenvalue weighted by molar-refractivity contribution is -0.129. The van der Waals surface area contributed by atoms with Crippen molar-refractivity contribution in [3.8, 4) is 34.3 Å². The molecule has 2 N–H and O–H groups in total. The third kappa shape index (κ3) is 10.5. The van der Waals surface area contributed by atoms with Crippen LogP contribution < -0.4 is 29.9 Å². The Labute approximate surface area is 401 Å². The molecule has 69 heavy (non-hydrogen) atoms. The summed E-state index contributed by atoms with van der Waals surface area (Å²) < 4.78 is 41.3. The Hall–Kier alpha value is -6.80. The average molecular weight is 961 g/mol. The van der Waals surface area contributed by atoms with Gasteiger partial charge in [-0.2, -0.15) is 14.5 Å². The van der Waals surface area contributed by atoms with Gasteiger partial charge in [-0.1, -0.05) is 24.3 Å². The predicted molar refractivity (Wildman–Crippen MR) is 262 cm³/mol. The number of nitrogens with one attached hydrogen (secondary N) is 2. The van der Waals surface area contributed by atoms with E-state index < -0.39 is 10.0 Å². The molecule has 4 saturated heterocycles. The number of hydrogen-bond donors (Lipinski definition) is 2. The highest BCUT2D eigenvalue weighted by molar-refractivity contribution is 7.88. The Morgan fingerprint density at radius 1 is 0.652 bits per heavy atom. The van der Waals surface area contributed by atoms with Gasteiger partial charge >= 0.3 is 0 Å². The summed E-state index contributed by atoms with van der Waals surface area (Å²) in [6.45, 7) is 16.2. The summed E-state index contributed by atoms with van der Waals surface area (Å²) in [6, 6.07) is 16.4. The van der Waals surface area contributed by atoms with Gasteiger partial charge < -0.3 is 34.8 Å². The van der Waals surface area contributed by atoms with E-state index in [2.05, 4.69) is 54.9 Å². The number of carbonyl (C=O) groups excluding carboxylic acids is 3. The van der Waals surface area contributed by atoms with E-state index in [0.29, 0.717) is 63.9 Å². The molecule has 4 aliphatic rings. The van der Waals surface area contributed by atoms with Gasteiger partial charge in [-0.05, 0) is 52.0 Å². The normalized spacial score (nSPS) is 19.8. The van der Waals surface area contributed by atoms with Crippen LogP contribution in [-0.2, 0) is 24.4 Å². The number of aryl methyl sites for hydroxylation is 2. The second-order valence-electron chi connectivity index (χ2n) is 18.5. The summed E-state index contributed by atoms with van der Waals surface area (Å²) in [5, 5.41) is 14.7. The Morgan fingerprint density at radius 2 is 1.06 bits per heavy atom. The van der Waals surface area contributed by atoms with Gasteiger partial charge in [0.15, 0.2) is 0 Å². The van der Waals surface area contributed by atoms with Gasteiger partial charge in [-0.3, -0.25) is 14.4 Å². The fourth-order valence-corrected chi connectivity index (χ4v) is 10.2. The molecule has 364 valence electrons. The molecule has 0 spiro atoms. The van der Waals surface area contributed by atoms with Crippen LogP contribution in [0.3, 0.4) is 0 Å². The van der Waals surface area contributed by atoms with Crippen LogP contribution in [0, 0.1) is 25.7 Å². The number of nitrogens with zero attached hydrogens (tertiary/aromatic N) is 10. The maximum atomic E-state index is 11.8. The number of hydrogen-bond acceptors (Lipinski definition) is 13. The molecule has 0 bridgehead atoms. The highest BCUT2D eigenvalue weighted by Gasteiger charge is 2.31. The van der Waals surface area contributed by atoms with Crippen LogP contribution >= 0.6 is 0 Å². The van der Waals surface area contributed by atoms with Gasteiger partial charge in [0.25, 0.3) is 0 Å². The number of sulfonamides is 1. The number of benzene rings is 2. The fourth-order valence-electron chi connectivity index (χ4n) is 9.39. The first-order valence-electron chi connectivity index (χ1n) is 23.6. The van der Waals surface area contributed by atoms with Crippen LogP contribution in [0.4, 0.5) is 11.4 Å². The molecular formula is C49H60N12O7S. The average Bonchev–Trinajstić information content (AvgIpc) is 4.17. The van der Waals surface area contributed by atoms with Crippen LogP contribution in [0.5, 0.6) is 11.8 Å². The lowest BCUT2D eigenvalue weighted by Crippen LogP contribution is -2.48. The summed E-state index contributed by atoms with van der Waals surface area (Å²) in [6.07, 6.45) is 9.25. The van der Waals surface area contributed by atoms with Gasteiger partial charge in [0.05, 0.1) is 42.4 Å². The molecule has 4 fully saturated rings. The number of piperazine rings is 2. The molecule has 4 aromatic heterocycles. The van der Waals surface area contributed by atoms with E-state index in [4.69, 9.17) is 19.4 Å². The number of carbonyl (C=O) groups is 3. The zero-order valence-corrected chi connectivity index (χ0v) is 40.8. The molecule has 20 heteroatoms. The van der Waals surface area contributed by atoms with Gasteiger partial charge in [-0.15, -0.1) is 0 Å². The molecule has 19 nitrogen and oxygen atoms in total. The van der Waals surface area contributed by atoms with E-state index in [0.717, 1.165) is 82.2 Å². The van der Waals surface area contributed by atoms with Crippen molar-refractivity contribution in [2.45, 2.75) is 59.7 Å². The molecule has 8 heterocycles. The monoisotopic (exact) mass is 960 g/mol. The molecule has 0 aliphatic carbocycles. The number of anilines is 2. The molecule has 4 atom stereocenters. The number of rotatable bonds is 11. The van der Waals surface area contributed by atoms with Crippen molar-refractivity contribution in [2.24, 2.45) is 11.8 Å². The quantitative estimate of drug-likeness (QED) is 0.189. The minimum atomic E-state index is -3.15. The third-order valence-electron chi connectivity index (χ3n) is 13.7. The molecule has 0 unspecified atom stereocenters. The van der Waals surface area contributed by atoms with Gasteiger partial charge in [0, 0.05) is 131 Å². The van der Waals surface area contributed by atoms with Crippen LogP contribution in [0.15, 0.2) is 73.3 Å². The standard InChI is InChI=1S/C25H30N6O3.C24H30N6O4S/c1-16-13-27-31-15-22(28-25(24(16)31)34-17(2)20-12-23(33)26-14-20)19-4-6-21(7-5-19)30-10-8-29(9-11-30)18(3)32;1-16-13-26-30-15-21(27-24(23(16)30)34-17(2)19-12-22(31)25-14-19)18-4-6-20(7-5-18)28-8-10-29(11-9-28)35(3,32)33/h4-7,13,15,17,20H,8-12,14H2,1-3H3,(H,26,33);4-7,13,15,17,19H,8-12,14H2,1-3H3,(H,25,31)/t17-,20-;17-,19-/m11/s1. The van der Waals surface area contributed by atoms with Crippen molar-refractivity contribution in [1.29, 1.82) is 0 Å². The SMILES string of the molecule is CC(=O)N1CCN(c2ccc(-c3cn4ncc(C)c4c(O[C@H](C)[C@H]4CNC(=O)C4)n3)cc2)CC1.Cc1cnn2cc(-c3ccc(N4CCN(S(C)(=O)=O)CC4)cc3)nc(O[C@H](C)[C@H]3CNC(=O)C3)c12. The Bertz CT molecular complexity index is 2960. The second kappa shape index (κ2) is 19.7. The lowest BCUT2D eigenvalue weighted by Gasteiger charge is -2.35. The van der Waals surface area contributed by atoms with E-state index in [9.17, 15) is 22.8 Å². The lowest BCUT2D eigenvalue weighted by atomic mass is 10.0. The molecule has 10 rings (SSSR count). The van der Waals surface area contributed by atoms with E-state index in [1.54, 1.807) is 17.6 Å². The molecular weight excluding hydrogens is 901 g/mol. The predicted octanol–water partition coefficient (Wildman–Crippen LogP) is 3.97. The Morgan fingerprint density at radius 3 is 1.42 bits per heavy atom. The molecule has 2 aromatic carbocycles. The van der Waals surface area contributed by atoms with Crippen molar-refractivity contribution in [1.82, 2.24) is 49.0 Å². The highest BCUT2D eigenvalue weighted by atomic mass is 32.2. The maximum absolute atomic E-state index is 11.8. The van der Waals surface area contributed by atoms with Gasteiger partial charge in [0.1, 0.15) is 23.2 Å². The molecule has 4 aliphatic heterocycles. The van der Waals surface area contributed by atoms with Crippen LogP contribution in [0.2, 0.25) is 0 Å². The minimum Gasteiger partial charge on any atom is -0.473 e. The first kappa shape index (κ1) is 47.3. The maximum Gasteiger partial charge on any atom is 0.241 e. The summed E-state index contributed by atoms with van der Waals surface area (Å²) in [4.78, 5) is 50.9. The number of amides is 3. The third-order valence-corrected chi connectivity index (χ3v) is 15.0. The van der Waals surface area contributed by atoms with Crippen molar-refractivity contribution in [2.75, 3.05) is 81.5 Å². The van der Waals surface area contributed by atoms with Crippen LogP contribution in [-0.4, -0.2) is 148 Å². The van der Waals surface area contributed by atoms with Crippen molar-refractivity contribution in [3.05, 3.63) is 84.4 Å². The highest BCUT2D eigenvalue weighted by Crippen LogP contribution is 2.32. The number of aromatic nitrogens is 6. The molecule has 3 amide bonds.